The number of nitrogens with zero attached hydrogens (tertiary/aromatic N) is 2. The summed E-state index contributed by atoms with van der Waals surface area (Å²) in [6.45, 7) is 1.33. The third-order valence-corrected chi connectivity index (χ3v) is 9.41. The highest BCUT2D eigenvalue weighted by atomic mass is 32.2. The minimum atomic E-state index is -3.73. The topological polar surface area (TPSA) is 109 Å². The average molecular weight is 587 g/mol. The summed E-state index contributed by atoms with van der Waals surface area (Å²) in [7, 11) is -3.73. The van der Waals surface area contributed by atoms with Crippen LogP contribution in [0, 0.1) is 11.7 Å². The zero-order valence-electron chi connectivity index (χ0n) is 20.9. The third kappa shape index (κ3) is 5.74. The van der Waals surface area contributed by atoms with E-state index < -0.39 is 82.1 Å². The van der Waals surface area contributed by atoms with E-state index in [2.05, 4.69) is 9.97 Å². The first-order chi connectivity index (χ1) is 18.2. The molecule has 2 heterocycles. The molecule has 39 heavy (non-hydrogen) atoms. The van der Waals surface area contributed by atoms with E-state index >= 15 is 4.39 Å². The molecule has 3 N–H and O–H groups in total. The van der Waals surface area contributed by atoms with Crippen LogP contribution in [0.25, 0.3) is 11.0 Å². The molecule has 5 unspecified atom stereocenters. The van der Waals surface area contributed by atoms with Gasteiger partial charge in [-0.15, -0.1) is 0 Å². The van der Waals surface area contributed by atoms with Crippen molar-refractivity contribution in [2.24, 2.45) is 11.7 Å². The van der Waals surface area contributed by atoms with Crippen LogP contribution < -0.4 is 5.73 Å². The number of fused-ring (bicyclic) bond motifs is 1. The molecule has 2 aromatic rings. The number of alkyl halides is 6. The summed E-state index contributed by atoms with van der Waals surface area (Å²) in [6, 6.07) is 1.54. The van der Waals surface area contributed by atoms with Crippen LogP contribution in [0.15, 0.2) is 12.1 Å². The molecule has 2 aliphatic rings. The molecule has 1 aliphatic carbocycles. The molecule has 6 atom stereocenters. The number of hydrogen-bond donors (Lipinski definition) is 2. The molecular formula is C24H29F7N4O3S. The van der Waals surface area contributed by atoms with Crippen LogP contribution in [0.3, 0.4) is 0 Å². The van der Waals surface area contributed by atoms with Crippen LogP contribution in [-0.2, 0) is 14.6 Å². The molecule has 1 aliphatic heterocycles. The van der Waals surface area contributed by atoms with Crippen molar-refractivity contribution in [3.05, 3.63) is 29.3 Å². The summed E-state index contributed by atoms with van der Waals surface area (Å²) < 4.78 is 123. The van der Waals surface area contributed by atoms with Crippen LogP contribution >= 0.6 is 0 Å². The van der Waals surface area contributed by atoms with Crippen molar-refractivity contribution in [2.45, 2.75) is 81.8 Å². The van der Waals surface area contributed by atoms with Crippen molar-refractivity contribution in [2.75, 3.05) is 11.5 Å². The number of sulfone groups is 1. The first-order valence-corrected chi connectivity index (χ1v) is 14.4. The number of imidazole rings is 1. The lowest BCUT2D eigenvalue weighted by atomic mass is 9.82. The second-order valence-electron chi connectivity index (χ2n) is 10.2. The molecule has 218 valence electrons. The Morgan fingerprint density at radius 1 is 1.15 bits per heavy atom. The Morgan fingerprint density at radius 2 is 1.74 bits per heavy atom. The molecule has 0 radical (unpaired) electrons. The molecule has 1 amide bonds. The van der Waals surface area contributed by atoms with Gasteiger partial charge in [-0.3, -0.25) is 9.69 Å². The van der Waals surface area contributed by atoms with Gasteiger partial charge in [-0.1, -0.05) is 13.0 Å². The van der Waals surface area contributed by atoms with Gasteiger partial charge in [0.1, 0.15) is 21.2 Å². The predicted molar refractivity (Wildman–Crippen MR) is 128 cm³/mol. The fraction of sp³-hybridized carbons (Fsp3) is 0.667. The maximum Gasteiger partial charge on any atom is 0.248 e. The molecule has 1 aromatic heterocycles. The second kappa shape index (κ2) is 10.9. The number of H-pyrrole nitrogens is 1. The van der Waals surface area contributed by atoms with Gasteiger partial charge in [0.05, 0.1) is 23.2 Å². The van der Waals surface area contributed by atoms with E-state index in [0.717, 1.165) is 6.07 Å². The molecule has 1 saturated carbocycles. The van der Waals surface area contributed by atoms with Crippen LogP contribution in [0.2, 0.25) is 0 Å². The standard InChI is InChI=1S/C24H29F7N4O3S/c1-2-39(37,38)10-7-13(23(36)35-20(28)16(26)17(27)21(35)29)12-3-4-14-19(15(12)25)34-22(33-14)18(32)11-5-8-24(30,31)9-6-11/h3-4,11,13,16-18,20-21H,2,5-10,32H2,1H3,(H,33,34)/t13?,16?,17?,18-,20?,21?/m0/s1. The number of aromatic nitrogens is 2. The first kappa shape index (κ1) is 29.6. The van der Waals surface area contributed by atoms with Gasteiger partial charge in [-0.25, -0.2) is 44.1 Å². The lowest BCUT2D eigenvalue weighted by molar-refractivity contribution is -0.144. The summed E-state index contributed by atoms with van der Waals surface area (Å²) in [4.78, 5) is 19.8. The van der Waals surface area contributed by atoms with E-state index in [1.54, 1.807) is 0 Å². The summed E-state index contributed by atoms with van der Waals surface area (Å²) in [5.74, 6) is -8.49. The molecule has 2 fully saturated rings. The lowest BCUT2D eigenvalue weighted by Crippen LogP contribution is -2.43. The smallest absolute Gasteiger partial charge is 0.248 e. The Hall–Kier alpha value is -2.42. The monoisotopic (exact) mass is 586 g/mol. The maximum absolute atomic E-state index is 15.8. The number of amides is 1. The molecule has 1 saturated heterocycles. The van der Waals surface area contributed by atoms with Gasteiger partial charge >= 0.3 is 0 Å². The molecule has 0 spiro atoms. The van der Waals surface area contributed by atoms with Crippen molar-refractivity contribution < 1.29 is 43.9 Å². The van der Waals surface area contributed by atoms with Crippen molar-refractivity contribution in [3.63, 3.8) is 0 Å². The van der Waals surface area contributed by atoms with Crippen LogP contribution in [0.4, 0.5) is 30.7 Å². The van der Waals surface area contributed by atoms with Gasteiger partial charge in [0.2, 0.25) is 24.4 Å². The summed E-state index contributed by atoms with van der Waals surface area (Å²) in [5, 5.41) is 0. The van der Waals surface area contributed by atoms with E-state index in [9.17, 15) is 39.6 Å². The predicted octanol–water partition coefficient (Wildman–Crippen LogP) is 4.55. The number of rotatable bonds is 8. The van der Waals surface area contributed by atoms with Crippen LogP contribution in [0.5, 0.6) is 0 Å². The van der Waals surface area contributed by atoms with Gasteiger partial charge < -0.3 is 10.7 Å². The van der Waals surface area contributed by atoms with E-state index in [0.29, 0.717) is 0 Å². The lowest BCUT2D eigenvalue weighted by Gasteiger charge is -2.31. The third-order valence-electron chi connectivity index (χ3n) is 7.67. The Bertz CT molecular complexity index is 1300. The second-order valence-corrected chi connectivity index (χ2v) is 12.6. The molecule has 7 nitrogen and oxygen atoms in total. The van der Waals surface area contributed by atoms with Crippen molar-refractivity contribution in [3.8, 4) is 0 Å². The number of halogens is 7. The van der Waals surface area contributed by atoms with E-state index in [4.69, 9.17) is 5.73 Å². The highest BCUT2D eigenvalue weighted by Gasteiger charge is 2.55. The Balaban J connectivity index is 1.68. The number of carbonyl (C=O) groups excluding carboxylic acids is 1. The normalized spacial score (nSPS) is 27.7. The first-order valence-electron chi connectivity index (χ1n) is 12.6. The molecule has 0 bridgehead atoms. The van der Waals surface area contributed by atoms with Gasteiger partial charge in [0, 0.05) is 24.2 Å². The SMILES string of the molecule is CCS(=O)(=O)CCC(C(=O)N1C(F)C(F)C(F)C1F)c1ccc2[nH]c([C@@H](N)C3CCC(F)(F)CC3)nc2c1F. The molecule has 1 aromatic carbocycles. The highest BCUT2D eigenvalue weighted by molar-refractivity contribution is 7.91. The number of nitrogens with one attached hydrogen (secondary N) is 1. The van der Waals surface area contributed by atoms with Crippen LogP contribution in [-0.4, -0.2) is 71.6 Å². The van der Waals surface area contributed by atoms with Crippen molar-refractivity contribution in [1.29, 1.82) is 0 Å². The number of benzene rings is 1. The number of carbonyl (C=O) groups is 1. The van der Waals surface area contributed by atoms with Crippen molar-refractivity contribution in [1.82, 2.24) is 14.9 Å². The highest BCUT2D eigenvalue weighted by Crippen LogP contribution is 2.41. The Kier molecular flexibility index (Phi) is 8.23. The van der Waals surface area contributed by atoms with Crippen molar-refractivity contribution >= 4 is 26.8 Å². The van der Waals surface area contributed by atoms with Gasteiger partial charge in [0.15, 0.2) is 18.2 Å². The number of aromatic amines is 1. The molecule has 15 heteroatoms. The van der Waals surface area contributed by atoms with E-state index in [1.165, 1.54) is 13.0 Å². The summed E-state index contributed by atoms with van der Waals surface area (Å²) in [5.41, 5.74) is 5.55. The Labute approximate surface area is 220 Å². The van der Waals surface area contributed by atoms with E-state index in [-0.39, 0.29) is 59.1 Å². The quantitative estimate of drug-likeness (QED) is 0.349. The minimum absolute atomic E-state index is 0.0976. The number of hydrogen-bond acceptors (Lipinski definition) is 5. The molecule has 4 rings (SSSR count). The van der Waals surface area contributed by atoms with Gasteiger partial charge in [-0.05, 0) is 31.2 Å². The van der Waals surface area contributed by atoms with E-state index in [1.807, 2.05) is 0 Å². The number of nitrogens with two attached hydrogens (primary N) is 1. The largest absolute Gasteiger partial charge is 0.341 e. The van der Waals surface area contributed by atoms with Crippen LogP contribution in [0.1, 0.15) is 62.4 Å². The maximum atomic E-state index is 15.8. The Morgan fingerprint density at radius 3 is 2.31 bits per heavy atom. The summed E-state index contributed by atoms with van der Waals surface area (Å²) >= 11 is 0. The van der Waals surface area contributed by atoms with Gasteiger partial charge in [0.25, 0.3) is 0 Å². The minimum Gasteiger partial charge on any atom is -0.341 e. The molecular weight excluding hydrogens is 557 g/mol. The number of likely N-dealkylation sites (tertiary alicyclic amines) is 1. The zero-order chi connectivity index (χ0) is 28.9. The fourth-order valence-electron chi connectivity index (χ4n) is 5.17. The fourth-order valence-corrected chi connectivity index (χ4v) is 6.06. The summed E-state index contributed by atoms with van der Waals surface area (Å²) in [6.07, 6.45) is -13.0. The zero-order valence-corrected chi connectivity index (χ0v) is 21.7. The van der Waals surface area contributed by atoms with Gasteiger partial charge in [-0.2, -0.15) is 0 Å². The average Bonchev–Trinajstić information content (AvgIpc) is 3.41.